The van der Waals surface area contributed by atoms with Crippen molar-refractivity contribution < 1.29 is 39.1 Å². The molecule has 0 aromatic heterocycles. The number of cyclic esters (lactones) is 1. The third kappa shape index (κ3) is 4.26. The van der Waals surface area contributed by atoms with Gasteiger partial charge in [0.1, 0.15) is 18.0 Å². The van der Waals surface area contributed by atoms with Gasteiger partial charge in [0.05, 0.1) is 19.8 Å². The predicted molar refractivity (Wildman–Crippen MR) is 75.7 cm³/mol. The maximum absolute atomic E-state index is 11.7. The maximum atomic E-state index is 11.7. The van der Waals surface area contributed by atoms with E-state index in [1.54, 1.807) is 30.3 Å². The number of carbonyl (C=O) groups is 2. The first-order valence-corrected chi connectivity index (χ1v) is 7.04. The summed E-state index contributed by atoms with van der Waals surface area (Å²) in [6, 6.07) is 8.69. The lowest BCUT2D eigenvalue weighted by Gasteiger charge is -2.23. The normalized spacial score (nSPS) is 23.4. The highest BCUT2D eigenvalue weighted by Gasteiger charge is 2.48. The summed E-state index contributed by atoms with van der Waals surface area (Å²) in [4.78, 5) is 23.0. The van der Waals surface area contributed by atoms with Crippen molar-refractivity contribution in [2.75, 3.05) is 19.8 Å². The molecule has 2 unspecified atom stereocenters. The van der Waals surface area contributed by atoms with Crippen LogP contribution in [0.2, 0.25) is 0 Å². The zero-order valence-electron chi connectivity index (χ0n) is 12.2. The fourth-order valence-corrected chi connectivity index (χ4v) is 2.09. The van der Waals surface area contributed by atoms with E-state index < -0.39 is 42.8 Å². The zero-order valence-corrected chi connectivity index (χ0v) is 12.2. The molecule has 8 heteroatoms. The van der Waals surface area contributed by atoms with Crippen LogP contribution in [0.3, 0.4) is 0 Å². The van der Waals surface area contributed by atoms with Crippen LogP contribution < -0.4 is 4.74 Å². The highest BCUT2D eigenvalue weighted by atomic mass is 16.6. The zero-order chi connectivity index (χ0) is 16.8. The molecule has 0 bridgehead atoms. The minimum Gasteiger partial charge on any atom is -0.486 e. The Kier molecular flexibility index (Phi) is 6.05. The SMILES string of the molecule is O=C1O[C@H]([C@@H](O)CO)C(OCC(CO)Oc2ccccc2)C1=O. The molecule has 4 atom stereocenters. The van der Waals surface area contributed by atoms with E-state index in [4.69, 9.17) is 19.3 Å². The number of aliphatic hydroxyl groups is 3. The Morgan fingerprint density at radius 2 is 1.83 bits per heavy atom. The van der Waals surface area contributed by atoms with Gasteiger partial charge in [-0.15, -0.1) is 0 Å². The second-order valence-electron chi connectivity index (χ2n) is 4.97. The van der Waals surface area contributed by atoms with E-state index in [0.29, 0.717) is 5.75 Å². The molecule has 1 aliphatic heterocycles. The number of rotatable bonds is 8. The molecule has 1 fully saturated rings. The average Bonchev–Trinajstić information content (AvgIpc) is 2.86. The van der Waals surface area contributed by atoms with E-state index in [2.05, 4.69) is 0 Å². The van der Waals surface area contributed by atoms with Gasteiger partial charge >= 0.3 is 5.97 Å². The third-order valence-electron chi connectivity index (χ3n) is 3.28. The molecule has 0 radical (unpaired) electrons. The Morgan fingerprint density at radius 1 is 1.13 bits per heavy atom. The van der Waals surface area contributed by atoms with Gasteiger partial charge in [0.15, 0.2) is 12.2 Å². The van der Waals surface area contributed by atoms with Crippen LogP contribution >= 0.6 is 0 Å². The Labute approximate surface area is 132 Å². The molecule has 0 aliphatic carbocycles. The fraction of sp³-hybridized carbons (Fsp3) is 0.467. The number of hydrogen-bond acceptors (Lipinski definition) is 8. The predicted octanol–water partition coefficient (Wildman–Crippen LogP) is -1.34. The van der Waals surface area contributed by atoms with Crippen LogP contribution in [-0.4, -0.2) is 71.3 Å². The van der Waals surface area contributed by atoms with Gasteiger partial charge in [-0.25, -0.2) is 4.79 Å². The van der Waals surface area contributed by atoms with Crippen molar-refractivity contribution in [1.29, 1.82) is 0 Å². The van der Waals surface area contributed by atoms with Crippen molar-refractivity contribution in [2.24, 2.45) is 0 Å². The van der Waals surface area contributed by atoms with Crippen LogP contribution in [0.5, 0.6) is 5.75 Å². The van der Waals surface area contributed by atoms with Gasteiger partial charge in [-0.3, -0.25) is 4.79 Å². The molecule has 126 valence electrons. The Balaban J connectivity index is 1.96. The molecule has 2 rings (SSSR count). The summed E-state index contributed by atoms with van der Waals surface area (Å²) in [6.45, 7) is -1.26. The number of para-hydroxylation sites is 1. The van der Waals surface area contributed by atoms with Crippen LogP contribution in [0.4, 0.5) is 0 Å². The van der Waals surface area contributed by atoms with E-state index in [1.165, 1.54) is 0 Å². The first kappa shape index (κ1) is 17.4. The summed E-state index contributed by atoms with van der Waals surface area (Å²) in [6.07, 6.45) is -4.83. The lowest BCUT2D eigenvalue weighted by molar-refractivity contribution is -0.152. The van der Waals surface area contributed by atoms with E-state index in [9.17, 15) is 19.8 Å². The van der Waals surface area contributed by atoms with Crippen molar-refractivity contribution in [3.63, 3.8) is 0 Å². The number of aliphatic hydroxyl groups excluding tert-OH is 3. The summed E-state index contributed by atoms with van der Waals surface area (Å²) in [5, 5.41) is 27.8. The lowest BCUT2D eigenvalue weighted by atomic mass is 10.1. The smallest absolute Gasteiger partial charge is 0.378 e. The van der Waals surface area contributed by atoms with Gasteiger partial charge in [-0.05, 0) is 12.1 Å². The van der Waals surface area contributed by atoms with Gasteiger partial charge in [0.25, 0.3) is 5.78 Å². The van der Waals surface area contributed by atoms with E-state index in [1.807, 2.05) is 0 Å². The topological polar surface area (TPSA) is 123 Å². The number of ketones is 1. The Hall–Kier alpha value is -2.00. The molecule has 1 aromatic carbocycles. The third-order valence-corrected chi connectivity index (χ3v) is 3.28. The Bertz CT molecular complexity index is 532. The molecular formula is C15H18O8. The first-order valence-electron chi connectivity index (χ1n) is 7.04. The van der Waals surface area contributed by atoms with Gasteiger partial charge in [0, 0.05) is 0 Å². The van der Waals surface area contributed by atoms with Crippen LogP contribution in [0.15, 0.2) is 30.3 Å². The minimum absolute atomic E-state index is 0.201. The number of benzene rings is 1. The van der Waals surface area contributed by atoms with Crippen LogP contribution in [0.25, 0.3) is 0 Å². The molecule has 1 heterocycles. The summed E-state index contributed by atoms with van der Waals surface area (Å²) in [7, 11) is 0. The van der Waals surface area contributed by atoms with Gasteiger partial charge in [0.2, 0.25) is 0 Å². The number of hydrogen-bond donors (Lipinski definition) is 3. The summed E-state index contributed by atoms with van der Waals surface area (Å²) >= 11 is 0. The molecule has 0 saturated carbocycles. The molecule has 0 spiro atoms. The monoisotopic (exact) mass is 326 g/mol. The second kappa shape index (κ2) is 8.02. The largest absolute Gasteiger partial charge is 0.486 e. The van der Waals surface area contributed by atoms with Crippen LogP contribution in [-0.2, 0) is 19.1 Å². The molecule has 0 amide bonds. The van der Waals surface area contributed by atoms with Crippen molar-refractivity contribution >= 4 is 11.8 Å². The van der Waals surface area contributed by atoms with E-state index in [0.717, 1.165) is 0 Å². The number of carbonyl (C=O) groups excluding carboxylic acids is 2. The molecule has 1 aromatic rings. The summed E-state index contributed by atoms with van der Waals surface area (Å²) in [5.74, 6) is -1.57. The molecule has 1 saturated heterocycles. The summed E-state index contributed by atoms with van der Waals surface area (Å²) in [5.41, 5.74) is 0. The first-order chi connectivity index (χ1) is 11.1. The maximum Gasteiger partial charge on any atom is 0.378 e. The number of esters is 1. The van der Waals surface area contributed by atoms with Crippen molar-refractivity contribution in [1.82, 2.24) is 0 Å². The fourth-order valence-electron chi connectivity index (χ4n) is 2.09. The molecule has 8 nitrogen and oxygen atoms in total. The van der Waals surface area contributed by atoms with E-state index in [-0.39, 0.29) is 13.2 Å². The number of ether oxygens (including phenoxy) is 3. The van der Waals surface area contributed by atoms with Crippen LogP contribution in [0.1, 0.15) is 0 Å². The van der Waals surface area contributed by atoms with Crippen molar-refractivity contribution in [2.45, 2.75) is 24.4 Å². The second-order valence-corrected chi connectivity index (χ2v) is 4.97. The van der Waals surface area contributed by atoms with Gasteiger partial charge in [-0.1, -0.05) is 18.2 Å². The number of Topliss-reactive ketones (excluding diaryl/α,β-unsaturated/α-hetero) is 1. The van der Waals surface area contributed by atoms with E-state index >= 15 is 0 Å². The highest BCUT2D eigenvalue weighted by Crippen LogP contribution is 2.20. The molecule has 3 N–H and O–H groups in total. The van der Waals surface area contributed by atoms with Gasteiger partial charge < -0.3 is 29.5 Å². The van der Waals surface area contributed by atoms with Crippen LogP contribution in [0, 0.1) is 0 Å². The minimum atomic E-state index is -1.43. The van der Waals surface area contributed by atoms with Crippen molar-refractivity contribution in [3.05, 3.63) is 30.3 Å². The van der Waals surface area contributed by atoms with Gasteiger partial charge in [-0.2, -0.15) is 0 Å². The standard InChI is InChI=1S/C15H18O8/c16-6-10(22-9-4-2-1-3-5-9)8-21-14-12(19)15(20)23-13(14)11(18)7-17/h1-5,10-11,13-14,16-18H,6-8H2/t10?,11-,13+,14?/m0/s1. The molecule has 23 heavy (non-hydrogen) atoms. The quantitative estimate of drug-likeness (QED) is 0.396. The highest BCUT2D eigenvalue weighted by molar-refractivity contribution is 6.37. The summed E-state index contributed by atoms with van der Waals surface area (Å²) < 4.78 is 15.5. The lowest BCUT2D eigenvalue weighted by Crippen LogP contribution is -2.42. The molecular weight excluding hydrogens is 308 g/mol. The molecule has 1 aliphatic rings. The Morgan fingerprint density at radius 3 is 2.43 bits per heavy atom. The van der Waals surface area contributed by atoms with Crippen molar-refractivity contribution in [3.8, 4) is 5.75 Å². The average molecular weight is 326 g/mol.